The maximum absolute atomic E-state index is 10.0. The Labute approximate surface area is 144 Å². The van der Waals surface area contributed by atoms with Crippen LogP contribution in [-0.2, 0) is 9.47 Å². The van der Waals surface area contributed by atoms with Crippen molar-refractivity contribution in [3.05, 3.63) is 34.8 Å². The Kier molecular flexibility index (Phi) is 11.0. The smallest absolute Gasteiger partial charge is 0.156 e. The van der Waals surface area contributed by atoms with Gasteiger partial charge in [-0.05, 0) is 19.3 Å². The predicted molar refractivity (Wildman–Crippen MR) is 96.6 cm³/mol. The lowest BCUT2D eigenvalue weighted by Crippen LogP contribution is -2.12. The molecule has 1 aliphatic rings. The minimum absolute atomic E-state index is 0.0405. The average molecular weight is 336 g/mol. The fraction of sp³-hybridized carbons (Fsp3) is 0.684. The van der Waals surface area contributed by atoms with E-state index in [4.69, 9.17) is 9.47 Å². The van der Waals surface area contributed by atoms with Gasteiger partial charge in [-0.3, -0.25) is 0 Å². The van der Waals surface area contributed by atoms with E-state index in [9.17, 15) is 5.11 Å². The lowest BCUT2D eigenvalue weighted by atomic mass is 10.0. The number of allylic oxidation sites excluding steroid dienone is 6. The van der Waals surface area contributed by atoms with E-state index in [2.05, 4.69) is 10.2 Å². The van der Waals surface area contributed by atoms with E-state index < -0.39 is 0 Å². The van der Waals surface area contributed by atoms with E-state index in [-0.39, 0.29) is 6.29 Å². The Morgan fingerprint density at radius 2 is 1.57 bits per heavy atom. The predicted octanol–water partition coefficient (Wildman–Crippen LogP) is 4.94. The lowest BCUT2D eigenvalue weighted by Gasteiger charge is -2.12. The van der Waals surface area contributed by atoms with Crippen LogP contribution in [0, 0.1) is 0 Å². The van der Waals surface area contributed by atoms with Gasteiger partial charge in [0.1, 0.15) is 0 Å². The van der Waals surface area contributed by atoms with Crippen molar-refractivity contribution < 1.29 is 14.6 Å². The largest absolute Gasteiger partial charge is 0.512 e. The molecule has 0 aliphatic heterocycles. The molecule has 1 rings (SSSR count). The molecule has 0 saturated heterocycles. The Morgan fingerprint density at radius 1 is 1.00 bits per heavy atom. The van der Waals surface area contributed by atoms with E-state index >= 15 is 0 Å². The molecule has 0 amide bonds. The van der Waals surface area contributed by atoms with Gasteiger partial charge in [0, 0.05) is 26.2 Å². The molecule has 1 aliphatic carbocycles. The maximum Gasteiger partial charge on any atom is 0.156 e. The van der Waals surface area contributed by atoms with Gasteiger partial charge in [0.15, 0.2) is 6.29 Å². The standard InChI is InChI=1S/C19H31O3Si/c1-21-19(22-2)15-10-8-6-4-3-5-7-9-13-17(20)16-12-11-14-18(16)23/h11-12,14,19-20H,3-10,13,15H2,1-2H3. The van der Waals surface area contributed by atoms with Crippen LogP contribution in [-0.4, -0.2) is 35.9 Å². The third-order valence-corrected chi connectivity index (χ3v) is 4.69. The number of unbranched alkanes of at least 4 members (excludes halogenated alkanes) is 7. The molecule has 0 atom stereocenters. The lowest BCUT2D eigenvalue weighted by molar-refractivity contribution is -0.107. The van der Waals surface area contributed by atoms with Crippen LogP contribution >= 0.6 is 0 Å². The fourth-order valence-electron chi connectivity index (χ4n) is 2.80. The fourth-order valence-corrected chi connectivity index (χ4v) is 3.13. The number of ether oxygens (including phenoxy) is 2. The summed E-state index contributed by atoms with van der Waals surface area (Å²) in [4.78, 5) is 0. The first-order valence-corrected chi connectivity index (χ1v) is 9.27. The minimum Gasteiger partial charge on any atom is -0.512 e. The van der Waals surface area contributed by atoms with Crippen LogP contribution in [0.2, 0.25) is 0 Å². The summed E-state index contributed by atoms with van der Waals surface area (Å²) in [6, 6.07) is 0. The summed E-state index contributed by atoms with van der Waals surface area (Å²) in [6.45, 7) is 0. The van der Waals surface area contributed by atoms with Crippen LogP contribution in [0.25, 0.3) is 0 Å². The van der Waals surface area contributed by atoms with E-state index in [1.165, 1.54) is 44.9 Å². The molecule has 0 aromatic carbocycles. The van der Waals surface area contributed by atoms with Gasteiger partial charge in [0.05, 0.1) is 16.0 Å². The van der Waals surface area contributed by atoms with Crippen LogP contribution < -0.4 is 0 Å². The molecular formula is C19H31O3Si. The van der Waals surface area contributed by atoms with Crippen LogP contribution in [0.15, 0.2) is 34.8 Å². The number of aliphatic hydroxyl groups excluding tert-OH is 1. The van der Waals surface area contributed by atoms with Crippen molar-refractivity contribution in [3.8, 4) is 0 Å². The second kappa shape index (κ2) is 12.6. The normalized spacial score (nSPS) is 16.3. The summed E-state index contributed by atoms with van der Waals surface area (Å²) in [5.74, 6) is 0.505. The Morgan fingerprint density at radius 3 is 2.09 bits per heavy atom. The molecule has 3 nitrogen and oxygen atoms in total. The van der Waals surface area contributed by atoms with Gasteiger partial charge in [-0.15, -0.1) is 0 Å². The van der Waals surface area contributed by atoms with Gasteiger partial charge in [-0.1, -0.05) is 61.9 Å². The van der Waals surface area contributed by atoms with E-state index in [1.54, 1.807) is 14.2 Å². The van der Waals surface area contributed by atoms with Crippen LogP contribution in [0.5, 0.6) is 0 Å². The highest BCUT2D eigenvalue weighted by molar-refractivity contribution is 6.25. The molecular weight excluding hydrogens is 304 g/mol. The van der Waals surface area contributed by atoms with Crippen molar-refractivity contribution in [1.82, 2.24) is 0 Å². The summed E-state index contributed by atoms with van der Waals surface area (Å²) in [7, 11) is 6.89. The summed E-state index contributed by atoms with van der Waals surface area (Å²) < 4.78 is 10.4. The number of aliphatic hydroxyl groups is 1. The zero-order valence-corrected chi connectivity index (χ0v) is 15.6. The van der Waals surface area contributed by atoms with Crippen LogP contribution in [0.1, 0.15) is 64.2 Å². The summed E-state index contributed by atoms with van der Waals surface area (Å²) in [6.07, 6.45) is 17.4. The molecule has 0 aromatic heterocycles. The van der Waals surface area contributed by atoms with Gasteiger partial charge < -0.3 is 14.6 Å². The van der Waals surface area contributed by atoms with Crippen molar-refractivity contribution in [2.24, 2.45) is 0 Å². The molecule has 0 unspecified atom stereocenters. The number of hydrogen-bond acceptors (Lipinski definition) is 3. The third kappa shape index (κ3) is 8.54. The Hall–Kier alpha value is -0.843. The molecule has 0 aromatic rings. The minimum atomic E-state index is -0.0405. The van der Waals surface area contributed by atoms with E-state index in [1.807, 2.05) is 18.2 Å². The first-order valence-electron chi connectivity index (χ1n) is 8.77. The quantitative estimate of drug-likeness (QED) is 0.224. The van der Waals surface area contributed by atoms with E-state index in [0.29, 0.717) is 5.76 Å². The molecule has 4 heteroatoms. The SMILES string of the molecule is COC(CCCCCCCCCCC(O)=C1C=CC=C1[Si])OC. The van der Waals surface area contributed by atoms with Crippen molar-refractivity contribution in [2.75, 3.05) is 14.2 Å². The van der Waals surface area contributed by atoms with Crippen molar-refractivity contribution >= 4 is 10.2 Å². The van der Waals surface area contributed by atoms with Gasteiger partial charge in [0.2, 0.25) is 0 Å². The molecule has 0 spiro atoms. The van der Waals surface area contributed by atoms with Gasteiger partial charge in [-0.25, -0.2) is 0 Å². The van der Waals surface area contributed by atoms with Crippen molar-refractivity contribution in [1.29, 1.82) is 0 Å². The topological polar surface area (TPSA) is 38.7 Å². The molecule has 3 radical (unpaired) electrons. The zero-order valence-electron chi connectivity index (χ0n) is 14.6. The van der Waals surface area contributed by atoms with Crippen molar-refractivity contribution in [2.45, 2.75) is 70.5 Å². The highest BCUT2D eigenvalue weighted by Crippen LogP contribution is 2.22. The highest BCUT2D eigenvalue weighted by Gasteiger charge is 2.07. The van der Waals surface area contributed by atoms with Gasteiger partial charge in [-0.2, -0.15) is 0 Å². The summed E-state index contributed by atoms with van der Waals surface area (Å²) in [5.41, 5.74) is 0.937. The molecule has 0 heterocycles. The summed E-state index contributed by atoms with van der Waals surface area (Å²) >= 11 is 0. The molecule has 0 saturated carbocycles. The zero-order chi connectivity index (χ0) is 16.9. The second-order valence-electron chi connectivity index (χ2n) is 6.07. The number of methoxy groups -OCH3 is 2. The van der Waals surface area contributed by atoms with Crippen LogP contribution in [0.3, 0.4) is 0 Å². The van der Waals surface area contributed by atoms with Gasteiger partial charge in [0.25, 0.3) is 0 Å². The Bertz CT molecular complexity index is 409. The maximum atomic E-state index is 10.0. The molecule has 0 fully saturated rings. The molecule has 0 bridgehead atoms. The number of hydrogen-bond donors (Lipinski definition) is 1. The molecule has 23 heavy (non-hydrogen) atoms. The third-order valence-electron chi connectivity index (χ3n) is 4.26. The molecule has 129 valence electrons. The second-order valence-corrected chi connectivity index (χ2v) is 6.61. The highest BCUT2D eigenvalue weighted by atomic mass is 28.1. The average Bonchev–Trinajstić information content (AvgIpc) is 2.99. The Balaban J connectivity index is 1.92. The van der Waals surface area contributed by atoms with Crippen molar-refractivity contribution in [3.63, 3.8) is 0 Å². The monoisotopic (exact) mass is 335 g/mol. The first kappa shape index (κ1) is 20.2. The van der Waals surface area contributed by atoms with Gasteiger partial charge >= 0.3 is 0 Å². The molecule has 1 N–H and O–H groups in total. The van der Waals surface area contributed by atoms with E-state index in [0.717, 1.165) is 30.0 Å². The number of rotatable bonds is 13. The summed E-state index contributed by atoms with van der Waals surface area (Å²) in [5, 5.41) is 11.0. The van der Waals surface area contributed by atoms with Crippen LogP contribution in [0.4, 0.5) is 0 Å². The first-order chi connectivity index (χ1) is 11.2.